The number of nitrogens with zero attached hydrogens (tertiary/aromatic N) is 1. The molecular formula is C19H24FN3OS. The monoisotopic (exact) mass is 361 g/mol. The Morgan fingerprint density at radius 3 is 2.68 bits per heavy atom. The number of halogens is 1. The van der Waals surface area contributed by atoms with Crippen molar-refractivity contribution in [3.8, 4) is 0 Å². The number of rotatable bonds is 5. The minimum absolute atomic E-state index is 0.0416. The highest BCUT2D eigenvalue weighted by atomic mass is 32.1. The van der Waals surface area contributed by atoms with Gasteiger partial charge in [-0.25, -0.2) is 9.37 Å². The number of thiazole rings is 1. The molecule has 1 aromatic heterocycles. The highest BCUT2D eigenvalue weighted by Crippen LogP contribution is 2.27. The molecule has 3 rings (SSSR count). The molecule has 0 aliphatic carbocycles. The molecule has 1 aromatic carbocycles. The first kappa shape index (κ1) is 18.0. The van der Waals surface area contributed by atoms with Crippen LogP contribution >= 0.6 is 11.3 Å². The first-order chi connectivity index (χ1) is 12.0. The number of aromatic nitrogens is 1. The third-order valence-corrected chi connectivity index (χ3v) is 5.96. The molecule has 0 bridgehead atoms. The molecule has 134 valence electrons. The standard InChI is InChI=1S/C19H24FN3OS/c1-13-17(18(24)22-12-19(2)7-9-21-10-8-19)25-16(23-13)11-14-3-5-15(20)6-4-14/h3-6,21H,7-12H2,1-2H3,(H,22,24). The number of carbonyl (C=O) groups excluding carboxylic acids is 1. The van der Waals surface area contributed by atoms with Crippen molar-refractivity contribution in [3.05, 3.63) is 51.2 Å². The molecule has 1 amide bonds. The molecule has 1 aliphatic rings. The van der Waals surface area contributed by atoms with Gasteiger partial charge >= 0.3 is 0 Å². The van der Waals surface area contributed by atoms with E-state index >= 15 is 0 Å². The highest BCUT2D eigenvalue weighted by molar-refractivity contribution is 7.13. The van der Waals surface area contributed by atoms with E-state index in [1.54, 1.807) is 12.1 Å². The average Bonchev–Trinajstić information content (AvgIpc) is 2.96. The fourth-order valence-corrected chi connectivity index (χ4v) is 4.11. The summed E-state index contributed by atoms with van der Waals surface area (Å²) in [6, 6.07) is 6.40. The number of hydrogen-bond acceptors (Lipinski definition) is 4. The molecule has 0 atom stereocenters. The molecule has 1 fully saturated rings. The van der Waals surface area contributed by atoms with Gasteiger partial charge in [0.2, 0.25) is 0 Å². The lowest BCUT2D eigenvalue weighted by molar-refractivity contribution is 0.0925. The molecule has 4 nitrogen and oxygen atoms in total. The number of amides is 1. The lowest BCUT2D eigenvalue weighted by atomic mass is 9.81. The van der Waals surface area contributed by atoms with Crippen LogP contribution < -0.4 is 10.6 Å². The van der Waals surface area contributed by atoms with Crippen LogP contribution in [0.5, 0.6) is 0 Å². The Kier molecular flexibility index (Phi) is 5.49. The largest absolute Gasteiger partial charge is 0.351 e. The summed E-state index contributed by atoms with van der Waals surface area (Å²) in [4.78, 5) is 17.7. The van der Waals surface area contributed by atoms with E-state index in [0.717, 1.165) is 42.2 Å². The topological polar surface area (TPSA) is 54.0 Å². The summed E-state index contributed by atoms with van der Waals surface area (Å²) in [5, 5.41) is 7.32. The van der Waals surface area contributed by atoms with Crippen LogP contribution in [-0.4, -0.2) is 30.5 Å². The van der Waals surface area contributed by atoms with E-state index in [9.17, 15) is 9.18 Å². The van der Waals surface area contributed by atoms with Crippen LogP contribution in [0.4, 0.5) is 4.39 Å². The average molecular weight is 361 g/mol. The van der Waals surface area contributed by atoms with Crippen LogP contribution in [0.2, 0.25) is 0 Å². The van der Waals surface area contributed by atoms with Crippen molar-refractivity contribution in [2.75, 3.05) is 19.6 Å². The number of aryl methyl sites for hydroxylation is 1. The fourth-order valence-electron chi connectivity index (χ4n) is 3.10. The van der Waals surface area contributed by atoms with Crippen molar-refractivity contribution in [2.45, 2.75) is 33.1 Å². The van der Waals surface area contributed by atoms with E-state index in [1.165, 1.54) is 23.5 Å². The summed E-state index contributed by atoms with van der Waals surface area (Å²) >= 11 is 1.42. The van der Waals surface area contributed by atoms with Gasteiger partial charge in [-0.1, -0.05) is 19.1 Å². The summed E-state index contributed by atoms with van der Waals surface area (Å²) in [5.41, 5.74) is 1.91. The van der Waals surface area contributed by atoms with Gasteiger partial charge in [0.15, 0.2) is 0 Å². The van der Waals surface area contributed by atoms with E-state index in [4.69, 9.17) is 0 Å². The highest BCUT2D eigenvalue weighted by Gasteiger charge is 2.27. The van der Waals surface area contributed by atoms with Crippen LogP contribution in [0.25, 0.3) is 0 Å². The Morgan fingerprint density at radius 2 is 2.00 bits per heavy atom. The molecule has 0 saturated carbocycles. The van der Waals surface area contributed by atoms with Crippen LogP contribution in [0.1, 0.15) is 45.7 Å². The fraction of sp³-hybridized carbons (Fsp3) is 0.474. The molecule has 6 heteroatoms. The number of nitrogens with one attached hydrogen (secondary N) is 2. The van der Waals surface area contributed by atoms with E-state index in [0.29, 0.717) is 17.8 Å². The molecule has 1 saturated heterocycles. The van der Waals surface area contributed by atoms with Crippen molar-refractivity contribution < 1.29 is 9.18 Å². The molecular weight excluding hydrogens is 337 g/mol. The molecule has 2 aromatic rings. The second kappa shape index (κ2) is 7.62. The van der Waals surface area contributed by atoms with Crippen LogP contribution in [0.15, 0.2) is 24.3 Å². The summed E-state index contributed by atoms with van der Waals surface area (Å²) < 4.78 is 13.0. The van der Waals surface area contributed by atoms with Gasteiger partial charge in [0.05, 0.1) is 10.7 Å². The van der Waals surface area contributed by atoms with E-state index in [1.807, 2.05) is 6.92 Å². The lowest BCUT2D eigenvalue weighted by Gasteiger charge is -2.34. The van der Waals surface area contributed by atoms with Gasteiger partial charge < -0.3 is 10.6 Å². The SMILES string of the molecule is Cc1nc(Cc2ccc(F)cc2)sc1C(=O)NCC1(C)CCNCC1. The zero-order valence-corrected chi connectivity index (χ0v) is 15.5. The van der Waals surface area contributed by atoms with E-state index in [2.05, 4.69) is 22.5 Å². The lowest BCUT2D eigenvalue weighted by Crippen LogP contribution is -2.42. The zero-order valence-electron chi connectivity index (χ0n) is 14.7. The summed E-state index contributed by atoms with van der Waals surface area (Å²) in [6.07, 6.45) is 2.76. The first-order valence-corrected chi connectivity index (χ1v) is 9.46. The summed E-state index contributed by atoms with van der Waals surface area (Å²) in [7, 11) is 0. The van der Waals surface area contributed by atoms with E-state index in [-0.39, 0.29) is 17.1 Å². The molecule has 1 aliphatic heterocycles. The smallest absolute Gasteiger partial charge is 0.263 e. The predicted molar refractivity (Wildman–Crippen MR) is 98.6 cm³/mol. The van der Waals surface area contributed by atoms with Crippen LogP contribution in [0.3, 0.4) is 0 Å². The van der Waals surface area contributed by atoms with Crippen molar-refractivity contribution in [1.82, 2.24) is 15.6 Å². The Hall–Kier alpha value is -1.79. The Morgan fingerprint density at radius 1 is 1.32 bits per heavy atom. The van der Waals surface area contributed by atoms with Crippen LogP contribution in [-0.2, 0) is 6.42 Å². The van der Waals surface area contributed by atoms with Crippen molar-refractivity contribution in [1.29, 1.82) is 0 Å². The van der Waals surface area contributed by atoms with Crippen LogP contribution in [0, 0.1) is 18.2 Å². The summed E-state index contributed by atoms with van der Waals surface area (Å²) in [6.45, 7) is 6.80. The maximum atomic E-state index is 13.0. The maximum Gasteiger partial charge on any atom is 0.263 e. The van der Waals surface area contributed by atoms with Gasteiger partial charge in [-0.3, -0.25) is 4.79 Å². The normalized spacial score (nSPS) is 16.6. The Labute approximate surface area is 151 Å². The second-order valence-corrected chi connectivity index (χ2v) is 8.15. The van der Waals surface area contributed by atoms with Gasteiger partial charge in [0.25, 0.3) is 5.91 Å². The van der Waals surface area contributed by atoms with Crippen molar-refractivity contribution in [2.24, 2.45) is 5.41 Å². The molecule has 2 N–H and O–H groups in total. The minimum Gasteiger partial charge on any atom is -0.351 e. The molecule has 0 spiro atoms. The van der Waals surface area contributed by atoms with Crippen molar-refractivity contribution >= 4 is 17.2 Å². The summed E-state index contributed by atoms with van der Waals surface area (Å²) in [5.74, 6) is -0.286. The molecule has 0 radical (unpaired) electrons. The quantitative estimate of drug-likeness (QED) is 0.859. The van der Waals surface area contributed by atoms with Gasteiger partial charge in [-0.15, -0.1) is 11.3 Å². The first-order valence-electron chi connectivity index (χ1n) is 8.65. The third kappa shape index (κ3) is 4.64. The number of piperidine rings is 1. The number of hydrogen-bond donors (Lipinski definition) is 2. The predicted octanol–water partition coefficient (Wildman–Crippen LogP) is 3.30. The third-order valence-electron chi connectivity index (χ3n) is 4.80. The maximum absolute atomic E-state index is 13.0. The van der Waals surface area contributed by atoms with Crippen molar-refractivity contribution in [3.63, 3.8) is 0 Å². The zero-order chi connectivity index (χ0) is 17.9. The number of benzene rings is 1. The van der Waals surface area contributed by atoms with Gasteiger partial charge in [-0.2, -0.15) is 0 Å². The van der Waals surface area contributed by atoms with Gasteiger partial charge in [0, 0.05) is 13.0 Å². The Balaban J connectivity index is 1.63. The molecule has 25 heavy (non-hydrogen) atoms. The Bertz CT molecular complexity index is 736. The minimum atomic E-state index is -0.245. The number of carbonyl (C=O) groups is 1. The van der Waals surface area contributed by atoms with Gasteiger partial charge in [0.1, 0.15) is 10.7 Å². The van der Waals surface area contributed by atoms with Gasteiger partial charge in [-0.05, 0) is 56.0 Å². The second-order valence-electron chi connectivity index (χ2n) is 7.07. The van der Waals surface area contributed by atoms with E-state index < -0.39 is 0 Å². The molecule has 0 unspecified atom stereocenters. The molecule has 2 heterocycles.